The van der Waals surface area contributed by atoms with Crippen molar-refractivity contribution in [2.45, 2.75) is 12.8 Å². The summed E-state index contributed by atoms with van der Waals surface area (Å²) in [7, 11) is 1.26. The quantitative estimate of drug-likeness (QED) is 0.469. The van der Waals surface area contributed by atoms with Gasteiger partial charge in [0, 0.05) is 0 Å². The Morgan fingerprint density at radius 1 is 1.12 bits per heavy atom. The highest BCUT2D eigenvalue weighted by Gasteiger charge is 2.56. The molecule has 124 valence electrons. The summed E-state index contributed by atoms with van der Waals surface area (Å²) in [4.78, 5) is 38.8. The molecule has 0 radical (unpaired) electrons. The molecule has 5 rings (SSSR count). The lowest BCUT2D eigenvalue weighted by Crippen LogP contribution is -2.38. The number of anilines is 1. The van der Waals surface area contributed by atoms with E-state index in [2.05, 4.69) is 12.2 Å². The SMILES string of the molecule is COC(=O)c1cc(N2C(=O)[C@H]3[C@H](C2=O)[C@H]2C=C[C@H]3CC2)ccc1Cl. The van der Waals surface area contributed by atoms with Gasteiger partial charge >= 0.3 is 5.97 Å². The summed E-state index contributed by atoms with van der Waals surface area (Å²) in [6.45, 7) is 0. The smallest absolute Gasteiger partial charge is 0.339 e. The van der Waals surface area contributed by atoms with Gasteiger partial charge in [0.2, 0.25) is 11.8 Å². The Labute approximate surface area is 144 Å². The maximum absolute atomic E-state index is 12.9. The maximum atomic E-state index is 12.9. The number of fused-ring (bicyclic) bond motifs is 1. The Kier molecular flexibility index (Phi) is 3.49. The molecule has 4 atom stereocenters. The molecular weight excluding hydrogens is 330 g/mol. The van der Waals surface area contributed by atoms with E-state index in [1.54, 1.807) is 6.07 Å². The summed E-state index contributed by atoms with van der Waals surface area (Å²) in [6.07, 6.45) is 6.05. The molecule has 0 spiro atoms. The first kappa shape index (κ1) is 15.4. The molecule has 0 aromatic heterocycles. The van der Waals surface area contributed by atoms with Crippen LogP contribution in [-0.2, 0) is 14.3 Å². The van der Waals surface area contributed by atoms with Crippen molar-refractivity contribution in [2.75, 3.05) is 12.0 Å². The van der Waals surface area contributed by atoms with Crippen molar-refractivity contribution in [1.82, 2.24) is 0 Å². The van der Waals surface area contributed by atoms with Crippen LogP contribution in [0, 0.1) is 23.7 Å². The molecule has 4 aliphatic rings. The topological polar surface area (TPSA) is 63.7 Å². The molecule has 2 amide bonds. The Morgan fingerprint density at radius 2 is 1.71 bits per heavy atom. The van der Waals surface area contributed by atoms with Crippen molar-refractivity contribution in [3.63, 3.8) is 0 Å². The van der Waals surface area contributed by atoms with Gasteiger partial charge in [-0.3, -0.25) is 9.59 Å². The Hall–Kier alpha value is -2.14. The van der Waals surface area contributed by atoms with Crippen LogP contribution < -0.4 is 4.90 Å². The van der Waals surface area contributed by atoms with Gasteiger partial charge in [0.05, 0.1) is 35.2 Å². The van der Waals surface area contributed by atoms with Gasteiger partial charge in [-0.05, 0) is 42.9 Å². The van der Waals surface area contributed by atoms with Gasteiger partial charge in [0.25, 0.3) is 0 Å². The number of carbonyl (C=O) groups is 3. The molecule has 0 unspecified atom stereocenters. The Bertz CT molecular complexity index is 755. The molecule has 5 nitrogen and oxygen atoms in total. The van der Waals surface area contributed by atoms with Gasteiger partial charge < -0.3 is 4.74 Å². The number of allylic oxidation sites excluding steroid dienone is 2. The fraction of sp³-hybridized carbons (Fsp3) is 0.389. The first-order valence-corrected chi connectivity index (χ1v) is 8.34. The maximum Gasteiger partial charge on any atom is 0.339 e. The number of esters is 1. The lowest BCUT2D eigenvalue weighted by Gasteiger charge is -2.38. The second kappa shape index (κ2) is 5.45. The standard InChI is InChI=1S/C18H16ClNO4/c1-24-18(23)12-8-11(6-7-13(12)19)20-16(21)14-9-2-3-10(5-4-9)15(14)17(20)22/h2-3,6-10,14-15H,4-5H2,1H3/t9-,10-,14+,15+/m0/s1. The molecule has 1 aromatic carbocycles. The zero-order valence-corrected chi connectivity index (χ0v) is 13.8. The number of imide groups is 1. The van der Waals surface area contributed by atoms with E-state index < -0.39 is 5.97 Å². The fourth-order valence-electron chi connectivity index (χ4n) is 4.25. The highest BCUT2D eigenvalue weighted by Crippen LogP contribution is 2.50. The first-order valence-electron chi connectivity index (χ1n) is 7.97. The lowest BCUT2D eigenvalue weighted by atomic mass is 9.63. The summed E-state index contributed by atoms with van der Waals surface area (Å²) < 4.78 is 4.71. The molecule has 2 bridgehead atoms. The number of benzene rings is 1. The number of hydrogen-bond acceptors (Lipinski definition) is 4. The van der Waals surface area contributed by atoms with Gasteiger partial charge in [-0.15, -0.1) is 0 Å². The third kappa shape index (κ3) is 2.04. The average molecular weight is 346 g/mol. The van der Waals surface area contributed by atoms with Gasteiger partial charge in [-0.25, -0.2) is 9.69 Å². The zero-order chi connectivity index (χ0) is 17.0. The molecule has 2 fully saturated rings. The van der Waals surface area contributed by atoms with Crippen LogP contribution in [0.25, 0.3) is 0 Å². The van der Waals surface area contributed by atoms with E-state index in [4.69, 9.17) is 16.3 Å². The molecular formula is C18H16ClNO4. The number of halogens is 1. The van der Waals surface area contributed by atoms with E-state index in [1.165, 1.54) is 24.1 Å². The van der Waals surface area contributed by atoms with Crippen molar-refractivity contribution in [1.29, 1.82) is 0 Å². The van der Waals surface area contributed by atoms with E-state index in [1.807, 2.05) is 0 Å². The van der Waals surface area contributed by atoms with E-state index in [0.717, 1.165) is 12.8 Å². The van der Waals surface area contributed by atoms with Crippen LogP contribution in [0.4, 0.5) is 5.69 Å². The molecule has 1 heterocycles. The second-order valence-electron chi connectivity index (χ2n) is 6.51. The molecule has 1 saturated heterocycles. The summed E-state index contributed by atoms with van der Waals surface area (Å²) in [5.74, 6) is -1.25. The number of amides is 2. The van der Waals surface area contributed by atoms with Crippen LogP contribution in [0.2, 0.25) is 5.02 Å². The van der Waals surface area contributed by atoms with Gasteiger partial charge in [-0.1, -0.05) is 23.8 Å². The van der Waals surface area contributed by atoms with Crippen LogP contribution in [0.1, 0.15) is 23.2 Å². The third-order valence-electron chi connectivity index (χ3n) is 5.37. The van der Waals surface area contributed by atoms with Crippen molar-refractivity contribution >= 4 is 35.1 Å². The van der Waals surface area contributed by atoms with E-state index >= 15 is 0 Å². The predicted molar refractivity (Wildman–Crippen MR) is 87.6 cm³/mol. The Morgan fingerprint density at radius 3 is 2.21 bits per heavy atom. The second-order valence-corrected chi connectivity index (χ2v) is 6.92. The lowest BCUT2D eigenvalue weighted by molar-refractivity contribution is -0.124. The van der Waals surface area contributed by atoms with Crippen molar-refractivity contribution < 1.29 is 19.1 Å². The van der Waals surface area contributed by atoms with E-state index in [9.17, 15) is 14.4 Å². The number of carbonyl (C=O) groups excluding carboxylic acids is 3. The molecule has 3 aliphatic carbocycles. The largest absolute Gasteiger partial charge is 0.465 e. The van der Waals surface area contributed by atoms with Gasteiger partial charge in [0.15, 0.2) is 0 Å². The summed E-state index contributed by atoms with van der Waals surface area (Å²) >= 11 is 6.03. The zero-order valence-electron chi connectivity index (χ0n) is 13.1. The monoisotopic (exact) mass is 345 g/mol. The van der Waals surface area contributed by atoms with Crippen molar-refractivity contribution in [2.24, 2.45) is 23.7 Å². The van der Waals surface area contributed by atoms with Gasteiger partial charge in [-0.2, -0.15) is 0 Å². The van der Waals surface area contributed by atoms with Gasteiger partial charge in [0.1, 0.15) is 0 Å². The summed E-state index contributed by atoms with van der Waals surface area (Å²) in [5, 5.41) is 0.226. The van der Waals surface area contributed by atoms with Crippen LogP contribution in [0.5, 0.6) is 0 Å². The van der Waals surface area contributed by atoms with Crippen LogP contribution in [0.3, 0.4) is 0 Å². The minimum Gasteiger partial charge on any atom is -0.465 e. The molecule has 1 saturated carbocycles. The molecule has 24 heavy (non-hydrogen) atoms. The van der Waals surface area contributed by atoms with E-state index in [-0.39, 0.29) is 46.1 Å². The number of ether oxygens (including phenoxy) is 1. The number of methoxy groups -OCH3 is 1. The number of nitrogens with zero attached hydrogens (tertiary/aromatic N) is 1. The van der Waals surface area contributed by atoms with Crippen molar-refractivity contribution in [3.05, 3.63) is 40.9 Å². The Balaban J connectivity index is 1.74. The average Bonchev–Trinajstić information content (AvgIpc) is 2.89. The van der Waals surface area contributed by atoms with Crippen LogP contribution in [0.15, 0.2) is 30.4 Å². The third-order valence-corrected chi connectivity index (χ3v) is 5.70. The highest BCUT2D eigenvalue weighted by molar-refractivity contribution is 6.34. The van der Waals surface area contributed by atoms with Crippen LogP contribution >= 0.6 is 11.6 Å². The molecule has 6 heteroatoms. The summed E-state index contributed by atoms with van der Waals surface area (Å²) in [6, 6.07) is 4.56. The normalized spacial score (nSPS) is 30.7. The number of rotatable bonds is 2. The molecule has 1 aliphatic heterocycles. The molecule has 0 N–H and O–H groups in total. The molecule has 1 aromatic rings. The van der Waals surface area contributed by atoms with Crippen molar-refractivity contribution in [3.8, 4) is 0 Å². The fourth-order valence-corrected chi connectivity index (χ4v) is 4.44. The first-order chi connectivity index (χ1) is 11.5. The minimum atomic E-state index is -0.597. The van der Waals surface area contributed by atoms with E-state index in [0.29, 0.717) is 5.69 Å². The summed E-state index contributed by atoms with van der Waals surface area (Å²) in [5.41, 5.74) is 0.525. The minimum absolute atomic E-state index is 0.133. The predicted octanol–water partition coefficient (Wildman–Crippen LogP) is 2.83. The number of hydrogen-bond donors (Lipinski definition) is 0. The van der Waals surface area contributed by atoms with Crippen LogP contribution in [-0.4, -0.2) is 24.9 Å². The highest BCUT2D eigenvalue weighted by atomic mass is 35.5.